The van der Waals surface area contributed by atoms with E-state index in [-0.39, 0.29) is 0 Å². The molecule has 0 amide bonds. The van der Waals surface area contributed by atoms with Gasteiger partial charge < -0.3 is 15.5 Å². The molecule has 0 aromatic rings. The van der Waals surface area contributed by atoms with Crippen molar-refractivity contribution in [3.05, 3.63) is 0 Å². The van der Waals surface area contributed by atoms with Crippen molar-refractivity contribution in [3.8, 4) is 0 Å². The van der Waals surface area contributed by atoms with E-state index in [1.165, 1.54) is 64.8 Å². The van der Waals surface area contributed by atoms with Crippen LogP contribution >= 0.6 is 0 Å². The number of likely N-dealkylation sites (tertiary alicyclic amines) is 2. The van der Waals surface area contributed by atoms with E-state index in [1.54, 1.807) is 0 Å². The number of nitrogens with zero attached hydrogens (tertiary/aromatic N) is 3. The third-order valence-corrected chi connectivity index (χ3v) is 6.04. The maximum absolute atomic E-state index is 4.98. The Morgan fingerprint density at radius 3 is 2.35 bits per heavy atom. The number of aliphatic imine (C=N–C) groups is 1. The molecule has 0 aromatic carbocycles. The van der Waals surface area contributed by atoms with Gasteiger partial charge in [-0.1, -0.05) is 33.6 Å². The summed E-state index contributed by atoms with van der Waals surface area (Å²) in [5.74, 6) is 2.40. The van der Waals surface area contributed by atoms with Crippen LogP contribution in [0.1, 0.15) is 59.8 Å². The molecule has 2 aliphatic rings. The van der Waals surface area contributed by atoms with Crippen LogP contribution in [0.25, 0.3) is 0 Å². The first-order chi connectivity index (χ1) is 12.6. The number of rotatable bonds is 8. The normalized spacial score (nSPS) is 24.7. The zero-order valence-electron chi connectivity index (χ0n) is 17.8. The Kier molecular flexibility index (Phi) is 9.76. The summed E-state index contributed by atoms with van der Waals surface area (Å²) >= 11 is 0. The van der Waals surface area contributed by atoms with Gasteiger partial charge in [0.05, 0.1) is 6.54 Å². The van der Waals surface area contributed by atoms with Gasteiger partial charge in [0.15, 0.2) is 5.96 Å². The van der Waals surface area contributed by atoms with Gasteiger partial charge in [-0.25, -0.2) is 0 Å². The number of guanidine groups is 1. The van der Waals surface area contributed by atoms with Crippen LogP contribution < -0.4 is 10.6 Å². The van der Waals surface area contributed by atoms with Crippen LogP contribution in [0.5, 0.6) is 0 Å². The summed E-state index contributed by atoms with van der Waals surface area (Å²) in [5.41, 5.74) is 0. The Balaban J connectivity index is 1.88. The van der Waals surface area contributed by atoms with Crippen LogP contribution in [0, 0.1) is 11.8 Å². The smallest absolute Gasteiger partial charge is 0.191 e. The highest BCUT2D eigenvalue weighted by Crippen LogP contribution is 2.18. The molecule has 2 N–H and O–H groups in total. The number of nitrogens with one attached hydrogen (secondary N) is 2. The third kappa shape index (κ3) is 7.07. The van der Waals surface area contributed by atoms with Crippen LogP contribution in [-0.4, -0.2) is 74.2 Å². The molecule has 152 valence electrons. The number of hydrogen-bond acceptors (Lipinski definition) is 3. The van der Waals surface area contributed by atoms with Crippen molar-refractivity contribution in [2.75, 3.05) is 52.4 Å². The molecule has 0 radical (unpaired) electrons. The lowest BCUT2D eigenvalue weighted by molar-refractivity contribution is 0.166. The average Bonchev–Trinajstić information content (AvgIpc) is 2.93. The van der Waals surface area contributed by atoms with Crippen LogP contribution in [0.3, 0.4) is 0 Å². The minimum absolute atomic E-state index is 0.561. The topological polar surface area (TPSA) is 42.9 Å². The van der Waals surface area contributed by atoms with Gasteiger partial charge in [0.2, 0.25) is 0 Å². The lowest BCUT2D eigenvalue weighted by Gasteiger charge is -2.32. The van der Waals surface area contributed by atoms with E-state index in [0.29, 0.717) is 12.0 Å². The van der Waals surface area contributed by atoms with Gasteiger partial charge in [-0.15, -0.1) is 0 Å². The van der Waals surface area contributed by atoms with Gasteiger partial charge in [-0.3, -0.25) is 9.89 Å². The molecule has 2 rings (SSSR count). The Hall–Kier alpha value is -0.810. The maximum Gasteiger partial charge on any atom is 0.191 e. The van der Waals surface area contributed by atoms with Crippen molar-refractivity contribution in [2.45, 2.75) is 65.8 Å². The predicted molar refractivity (Wildman–Crippen MR) is 113 cm³/mol. The zero-order valence-corrected chi connectivity index (χ0v) is 17.8. The summed E-state index contributed by atoms with van der Waals surface area (Å²) in [6.45, 7) is 18.1. The second-order valence-corrected chi connectivity index (χ2v) is 8.41. The summed E-state index contributed by atoms with van der Waals surface area (Å²) in [6, 6.07) is 0.561. The lowest BCUT2D eigenvalue weighted by atomic mass is 10.0. The Bertz CT molecular complexity index is 401. The average molecular weight is 366 g/mol. The van der Waals surface area contributed by atoms with Gasteiger partial charge in [-0.2, -0.15) is 0 Å². The van der Waals surface area contributed by atoms with Crippen LogP contribution in [-0.2, 0) is 0 Å². The number of hydrogen-bond donors (Lipinski definition) is 2. The highest BCUT2D eigenvalue weighted by atomic mass is 15.2. The molecule has 2 aliphatic heterocycles. The molecule has 5 nitrogen and oxygen atoms in total. The molecule has 0 bridgehead atoms. The summed E-state index contributed by atoms with van der Waals surface area (Å²) in [4.78, 5) is 10.2. The first kappa shape index (κ1) is 21.5. The maximum atomic E-state index is 4.98. The van der Waals surface area contributed by atoms with Gasteiger partial charge in [0.25, 0.3) is 0 Å². The summed E-state index contributed by atoms with van der Waals surface area (Å²) in [7, 11) is 0. The highest BCUT2D eigenvalue weighted by molar-refractivity contribution is 5.79. The van der Waals surface area contributed by atoms with Crippen molar-refractivity contribution in [3.63, 3.8) is 0 Å². The Labute approximate surface area is 162 Å². The standard InChI is InChI=1S/C21H43N5/c1-5-22-21(23-15-19-11-14-25(6-2)17-19)24-16-20(18(3)4)26-12-9-7-8-10-13-26/h18-20H,5-17H2,1-4H3,(H2,22,23,24). The molecule has 0 saturated carbocycles. The van der Waals surface area contributed by atoms with E-state index in [9.17, 15) is 0 Å². The van der Waals surface area contributed by atoms with Gasteiger partial charge in [-0.05, 0) is 64.2 Å². The zero-order chi connectivity index (χ0) is 18.8. The molecule has 2 atom stereocenters. The lowest BCUT2D eigenvalue weighted by Crippen LogP contribution is -2.44. The van der Waals surface area contributed by atoms with E-state index >= 15 is 0 Å². The summed E-state index contributed by atoms with van der Waals surface area (Å²) < 4.78 is 0. The molecular formula is C21H43N5. The van der Waals surface area contributed by atoms with Crippen molar-refractivity contribution >= 4 is 5.96 Å². The Morgan fingerprint density at radius 1 is 1.04 bits per heavy atom. The first-order valence-corrected chi connectivity index (χ1v) is 11.1. The van der Waals surface area contributed by atoms with Crippen molar-refractivity contribution in [1.82, 2.24) is 20.4 Å². The monoisotopic (exact) mass is 365 g/mol. The second-order valence-electron chi connectivity index (χ2n) is 8.41. The fraction of sp³-hybridized carbons (Fsp3) is 0.952. The van der Waals surface area contributed by atoms with Crippen molar-refractivity contribution in [2.24, 2.45) is 16.8 Å². The quantitative estimate of drug-likeness (QED) is 0.513. The summed E-state index contributed by atoms with van der Waals surface area (Å²) in [5, 5.41) is 7.06. The van der Waals surface area contributed by atoms with Gasteiger partial charge >= 0.3 is 0 Å². The minimum Gasteiger partial charge on any atom is -0.357 e. The molecule has 26 heavy (non-hydrogen) atoms. The van der Waals surface area contributed by atoms with E-state index in [0.717, 1.165) is 31.5 Å². The SMILES string of the molecule is CCNC(=NCC(C(C)C)N1CCCCCC1)NCC1CCN(CC)C1. The molecule has 2 heterocycles. The fourth-order valence-corrected chi connectivity index (χ4v) is 4.31. The predicted octanol–water partition coefficient (Wildman–Crippen LogP) is 2.78. The van der Waals surface area contributed by atoms with Gasteiger partial charge in [0.1, 0.15) is 0 Å². The molecule has 2 saturated heterocycles. The first-order valence-electron chi connectivity index (χ1n) is 11.1. The van der Waals surface area contributed by atoms with E-state index < -0.39 is 0 Å². The molecule has 2 unspecified atom stereocenters. The second kappa shape index (κ2) is 11.8. The van der Waals surface area contributed by atoms with Crippen LogP contribution in [0.15, 0.2) is 4.99 Å². The van der Waals surface area contributed by atoms with Crippen molar-refractivity contribution in [1.29, 1.82) is 0 Å². The van der Waals surface area contributed by atoms with Gasteiger partial charge in [0, 0.05) is 25.7 Å². The Morgan fingerprint density at radius 2 is 1.77 bits per heavy atom. The molecule has 0 aromatic heterocycles. The third-order valence-electron chi connectivity index (χ3n) is 6.04. The minimum atomic E-state index is 0.561. The molecule has 2 fully saturated rings. The van der Waals surface area contributed by atoms with Crippen LogP contribution in [0.4, 0.5) is 0 Å². The highest BCUT2D eigenvalue weighted by Gasteiger charge is 2.23. The van der Waals surface area contributed by atoms with Crippen LogP contribution in [0.2, 0.25) is 0 Å². The molecule has 0 spiro atoms. The molecule has 5 heteroatoms. The summed E-state index contributed by atoms with van der Waals surface area (Å²) in [6.07, 6.45) is 6.79. The van der Waals surface area contributed by atoms with E-state index in [4.69, 9.17) is 4.99 Å². The molecular weight excluding hydrogens is 322 g/mol. The van der Waals surface area contributed by atoms with Crippen molar-refractivity contribution < 1.29 is 0 Å². The molecule has 0 aliphatic carbocycles. The van der Waals surface area contributed by atoms with E-state index in [2.05, 4.69) is 48.1 Å². The van der Waals surface area contributed by atoms with E-state index in [1.807, 2.05) is 0 Å². The fourth-order valence-electron chi connectivity index (χ4n) is 4.31. The largest absolute Gasteiger partial charge is 0.357 e.